The van der Waals surface area contributed by atoms with Crippen LogP contribution in [0.2, 0.25) is 0 Å². The Bertz CT molecular complexity index is 356. The minimum atomic E-state index is -1.10. The minimum Gasteiger partial charge on any atom is -0.385 e. The molecule has 3 heteroatoms. The lowest BCUT2D eigenvalue weighted by atomic mass is 9.92. The van der Waals surface area contributed by atoms with Crippen molar-refractivity contribution in [2.45, 2.75) is 32.8 Å². The number of hydrogen-bond acceptors (Lipinski definition) is 2. The fourth-order valence-corrected chi connectivity index (χ4v) is 1.88. The van der Waals surface area contributed by atoms with Crippen molar-refractivity contribution >= 4 is 5.91 Å². The number of hydrogen-bond donors (Lipinski definition) is 1. The predicted octanol–water partition coefficient (Wildman–Crippen LogP) is 2.15. The quantitative estimate of drug-likeness (QED) is 0.849. The molecule has 0 aliphatic carbocycles. The fraction of sp³-hybridized carbons (Fsp3) is 0.500. The molecule has 0 saturated carbocycles. The summed E-state index contributed by atoms with van der Waals surface area (Å²) in [5.41, 5.74) is -0.318. The van der Waals surface area contributed by atoms with Gasteiger partial charge in [-0.25, -0.2) is 0 Å². The zero-order valence-corrected chi connectivity index (χ0v) is 10.8. The van der Waals surface area contributed by atoms with E-state index < -0.39 is 5.60 Å². The molecule has 94 valence electrons. The molecular weight excluding hydrogens is 214 g/mol. The molecule has 0 fully saturated rings. The van der Waals surface area contributed by atoms with E-state index in [1.165, 1.54) is 0 Å². The summed E-state index contributed by atoms with van der Waals surface area (Å²) >= 11 is 0. The summed E-state index contributed by atoms with van der Waals surface area (Å²) in [5.74, 6) is -0.0103. The molecule has 0 heterocycles. The molecule has 1 atom stereocenters. The molecule has 0 unspecified atom stereocenters. The minimum absolute atomic E-state index is 0.0103. The highest BCUT2D eigenvalue weighted by Gasteiger charge is 2.28. The Balaban J connectivity index is 2.76. The monoisotopic (exact) mass is 235 g/mol. The van der Waals surface area contributed by atoms with Crippen molar-refractivity contribution < 1.29 is 9.90 Å². The standard InChI is InChI=1S/C14H21NO2/c1-4-15(5-2)13(16)11-14(3,17)12-9-7-6-8-10-12/h6-10,17H,4-5,11H2,1-3H3/t14-/m1/s1. The summed E-state index contributed by atoms with van der Waals surface area (Å²) in [4.78, 5) is 13.7. The third kappa shape index (κ3) is 3.56. The van der Waals surface area contributed by atoms with Gasteiger partial charge in [0.1, 0.15) is 0 Å². The van der Waals surface area contributed by atoms with Gasteiger partial charge in [0.25, 0.3) is 0 Å². The largest absolute Gasteiger partial charge is 0.385 e. The molecule has 1 aromatic carbocycles. The van der Waals surface area contributed by atoms with Crippen molar-refractivity contribution in [3.8, 4) is 0 Å². The summed E-state index contributed by atoms with van der Waals surface area (Å²) in [6.07, 6.45) is 0.124. The number of amides is 1. The highest BCUT2D eigenvalue weighted by molar-refractivity contribution is 5.77. The van der Waals surface area contributed by atoms with Crippen LogP contribution in [0.15, 0.2) is 30.3 Å². The average molecular weight is 235 g/mol. The number of rotatable bonds is 5. The Morgan fingerprint density at radius 2 is 1.76 bits per heavy atom. The van der Waals surface area contributed by atoms with E-state index in [1.54, 1.807) is 11.8 Å². The molecule has 3 nitrogen and oxygen atoms in total. The lowest BCUT2D eigenvalue weighted by molar-refractivity contribution is -0.135. The van der Waals surface area contributed by atoms with Crippen molar-refractivity contribution in [1.82, 2.24) is 4.90 Å². The van der Waals surface area contributed by atoms with E-state index in [1.807, 2.05) is 44.2 Å². The highest BCUT2D eigenvalue weighted by atomic mass is 16.3. The lowest BCUT2D eigenvalue weighted by Crippen LogP contribution is -2.36. The molecule has 0 aromatic heterocycles. The molecule has 0 aliphatic heterocycles. The van der Waals surface area contributed by atoms with Gasteiger partial charge in [-0.3, -0.25) is 4.79 Å². The Hall–Kier alpha value is -1.35. The molecule has 17 heavy (non-hydrogen) atoms. The second kappa shape index (κ2) is 5.82. The van der Waals surface area contributed by atoms with Gasteiger partial charge >= 0.3 is 0 Å². The van der Waals surface area contributed by atoms with Crippen molar-refractivity contribution in [1.29, 1.82) is 0 Å². The molecule has 0 bridgehead atoms. The maximum Gasteiger partial charge on any atom is 0.225 e. The molecule has 1 N–H and O–H groups in total. The van der Waals surface area contributed by atoms with Crippen LogP contribution < -0.4 is 0 Å². The molecule has 1 rings (SSSR count). The van der Waals surface area contributed by atoms with Crippen LogP contribution in [0.5, 0.6) is 0 Å². The van der Waals surface area contributed by atoms with Gasteiger partial charge in [-0.05, 0) is 26.3 Å². The van der Waals surface area contributed by atoms with Gasteiger partial charge in [0, 0.05) is 13.1 Å². The Morgan fingerprint density at radius 3 is 2.24 bits per heavy atom. The lowest BCUT2D eigenvalue weighted by Gasteiger charge is -2.27. The van der Waals surface area contributed by atoms with E-state index in [4.69, 9.17) is 0 Å². The Morgan fingerprint density at radius 1 is 1.24 bits per heavy atom. The number of carbonyl (C=O) groups is 1. The highest BCUT2D eigenvalue weighted by Crippen LogP contribution is 2.24. The Labute approximate surface area is 103 Å². The molecule has 0 saturated heterocycles. The van der Waals surface area contributed by atoms with Crippen LogP contribution in [0, 0.1) is 0 Å². The smallest absolute Gasteiger partial charge is 0.225 e. The normalized spacial score (nSPS) is 14.1. The third-order valence-electron chi connectivity index (χ3n) is 3.01. The summed E-state index contributed by atoms with van der Waals surface area (Å²) in [6.45, 7) is 6.93. The first-order valence-corrected chi connectivity index (χ1v) is 6.07. The summed E-state index contributed by atoms with van der Waals surface area (Å²) in [5, 5.41) is 10.3. The Kier molecular flexibility index (Phi) is 4.70. The zero-order valence-electron chi connectivity index (χ0n) is 10.8. The molecule has 1 aromatic rings. The SMILES string of the molecule is CCN(CC)C(=O)C[C@@](C)(O)c1ccccc1. The fourth-order valence-electron chi connectivity index (χ4n) is 1.88. The van der Waals surface area contributed by atoms with Crippen LogP contribution in [0.1, 0.15) is 32.8 Å². The van der Waals surface area contributed by atoms with Gasteiger partial charge in [-0.15, -0.1) is 0 Å². The first-order valence-electron chi connectivity index (χ1n) is 6.07. The predicted molar refractivity (Wildman–Crippen MR) is 68.6 cm³/mol. The van der Waals surface area contributed by atoms with Gasteiger partial charge in [-0.1, -0.05) is 30.3 Å². The van der Waals surface area contributed by atoms with Crippen molar-refractivity contribution in [2.75, 3.05) is 13.1 Å². The first kappa shape index (κ1) is 13.7. The summed E-state index contributed by atoms with van der Waals surface area (Å²) in [7, 11) is 0. The van der Waals surface area contributed by atoms with E-state index >= 15 is 0 Å². The molecule has 1 amide bonds. The number of benzene rings is 1. The molecule has 0 spiro atoms. The van der Waals surface area contributed by atoms with Crippen LogP contribution in [0.3, 0.4) is 0 Å². The maximum atomic E-state index is 12.0. The van der Waals surface area contributed by atoms with Crippen molar-refractivity contribution in [3.05, 3.63) is 35.9 Å². The molecule has 0 radical (unpaired) electrons. The van der Waals surface area contributed by atoms with Crippen LogP contribution >= 0.6 is 0 Å². The number of carbonyl (C=O) groups excluding carboxylic acids is 1. The van der Waals surface area contributed by atoms with Crippen LogP contribution in [0.25, 0.3) is 0 Å². The van der Waals surface area contributed by atoms with Gasteiger partial charge in [-0.2, -0.15) is 0 Å². The third-order valence-corrected chi connectivity index (χ3v) is 3.01. The molecular formula is C14H21NO2. The van der Waals surface area contributed by atoms with E-state index in [9.17, 15) is 9.90 Å². The van der Waals surface area contributed by atoms with Gasteiger partial charge < -0.3 is 10.0 Å². The number of nitrogens with zero attached hydrogens (tertiary/aromatic N) is 1. The second-order valence-corrected chi connectivity index (χ2v) is 4.38. The van der Waals surface area contributed by atoms with Gasteiger partial charge in [0.2, 0.25) is 5.91 Å². The second-order valence-electron chi connectivity index (χ2n) is 4.38. The van der Waals surface area contributed by atoms with E-state index in [0.717, 1.165) is 5.56 Å². The zero-order chi connectivity index (χ0) is 12.9. The van der Waals surface area contributed by atoms with E-state index in [0.29, 0.717) is 13.1 Å². The molecule has 0 aliphatic rings. The van der Waals surface area contributed by atoms with Gasteiger partial charge in [0.15, 0.2) is 0 Å². The van der Waals surface area contributed by atoms with Crippen LogP contribution in [0.4, 0.5) is 0 Å². The van der Waals surface area contributed by atoms with Gasteiger partial charge in [0.05, 0.1) is 12.0 Å². The average Bonchev–Trinajstić information content (AvgIpc) is 2.31. The van der Waals surface area contributed by atoms with Crippen LogP contribution in [-0.2, 0) is 10.4 Å². The maximum absolute atomic E-state index is 12.0. The van der Waals surface area contributed by atoms with E-state index in [-0.39, 0.29) is 12.3 Å². The van der Waals surface area contributed by atoms with Crippen LogP contribution in [-0.4, -0.2) is 29.0 Å². The summed E-state index contributed by atoms with van der Waals surface area (Å²) < 4.78 is 0. The number of aliphatic hydroxyl groups is 1. The summed E-state index contributed by atoms with van der Waals surface area (Å²) in [6, 6.07) is 9.31. The van der Waals surface area contributed by atoms with E-state index in [2.05, 4.69) is 0 Å². The van der Waals surface area contributed by atoms with Crippen molar-refractivity contribution in [3.63, 3.8) is 0 Å². The topological polar surface area (TPSA) is 40.5 Å². The first-order chi connectivity index (χ1) is 8.01. The van der Waals surface area contributed by atoms with Crippen molar-refractivity contribution in [2.24, 2.45) is 0 Å².